The number of carboxylic acid groups (broad SMARTS) is 1. The normalized spacial score (nSPS) is 19.2. The van der Waals surface area contributed by atoms with Gasteiger partial charge in [0.25, 0.3) is 5.89 Å². The molecule has 1 aliphatic rings. The third-order valence-corrected chi connectivity index (χ3v) is 3.38. The lowest BCUT2D eigenvalue weighted by Gasteiger charge is -2.28. The van der Waals surface area contributed by atoms with Crippen LogP contribution in [0.3, 0.4) is 0 Å². The lowest BCUT2D eigenvalue weighted by atomic mass is 9.98. The average Bonchev–Trinajstić information content (AvgIpc) is 3.07. The summed E-state index contributed by atoms with van der Waals surface area (Å²) in [4.78, 5) is 19.2. The number of nitrogens with zero attached hydrogens (tertiary/aromatic N) is 3. The molecule has 2 N–H and O–H groups in total. The van der Waals surface area contributed by atoms with Crippen molar-refractivity contribution in [2.75, 3.05) is 13.1 Å². The molecule has 1 atom stereocenters. The summed E-state index contributed by atoms with van der Waals surface area (Å²) < 4.78 is 18.0. The van der Waals surface area contributed by atoms with E-state index in [1.54, 1.807) is 0 Å². The van der Waals surface area contributed by atoms with Gasteiger partial charge in [0.05, 0.1) is 0 Å². The molecule has 1 saturated heterocycles. The van der Waals surface area contributed by atoms with Crippen LogP contribution in [-0.2, 0) is 0 Å². The number of aromatic nitrogens is 3. The Morgan fingerprint density at radius 1 is 1.60 bits per heavy atom. The summed E-state index contributed by atoms with van der Waals surface area (Å²) in [6.07, 6.45) is 1.83. The van der Waals surface area contributed by atoms with Gasteiger partial charge in [-0.05, 0) is 12.8 Å². The van der Waals surface area contributed by atoms with Gasteiger partial charge in [-0.15, -0.1) is 0 Å². The van der Waals surface area contributed by atoms with E-state index in [0.29, 0.717) is 24.6 Å². The molecule has 0 radical (unpaired) electrons. The van der Waals surface area contributed by atoms with Crippen molar-refractivity contribution >= 4 is 6.09 Å². The molecule has 20 heavy (non-hydrogen) atoms. The second-order valence-corrected chi connectivity index (χ2v) is 4.76. The fourth-order valence-electron chi connectivity index (χ4n) is 2.36. The summed E-state index contributed by atoms with van der Waals surface area (Å²) in [6.45, 7) is 0.881. The van der Waals surface area contributed by atoms with Gasteiger partial charge in [0.2, 0.25) is 0 Å². The van der Waals surface area contributed by atoms with E-state index in [2.05, 4.69) is 15.1 Å². The lowest BCUT2D eigenvalue weighted by Crippen LogP contribution is -2.38. The first-order valence-electron chi connectivity index (χ1n) is 6.29. The molecular formula is C12H13FN4O3. The number of nitrogens with one attached hydrogen (secondary N) is 1. The molecule has 3 heterocycles. The molecule has 8 heteroatoms. The summed E-state index contributed by atoms with van der Waals surface area (Å²) in [5, 5.41) is 12.9. The van der Waals surface area contributed by atoms with Gasteiger partial charge in [0, 0.05) is 31.3 Å². The van der Waals surface area contributed by atoms with Crippen molar-refractivity contribution in [3.05, 3.63) is 23.9 Å². The maximum Gasteiger partial charge on any atom is 0.407 e. The van der Waals surface area contributed by atoms with Crippen molar-refractivity contribution in [3.63, 3.8) is 0 Å². The summed E-state index contributed by atoms with van der Waals surface area (Å²) in [5.41, 5.74) is 0.409. The zero-order valence-electron chi connectivity index (χ0n) is 10.5. The van der Waals surface area contributed by atoms with Gasteiger partial charge in [-0.1, -0.05) is 5.16 Å². The number of likely N-dealkylation sites (tertiary alicyclic amines) is 1. The highest BCUT2D eigenvalue weighted by molar-refractivity contribution is 5.65. The predicted octanol–water partition coefficient (Wildman–Crippen LogP) is 2.06. The number of aromatic amines is 1. The van der Waals surface area contributed by atoms with Crippen molar-refractivity contribution in [1.82, 2.24) is 20.0 Å². The van der Waals surface area contributed by atoms with Gasteiger partial charge in [0.15, 0.2) is 5.82 Å². The topological polar surface area (TPSA) is 95.2 Å². The van der Waals surface area contributed by atoms with E-state index in [4.69, 9.17) is 9.63 Å². The Kier molecular flexibility index (Phi) is 3.13. The number of piperidine rings is 1. The molecule has 0 unspecified atom stereocenters. The van der Waals surface area contributed by atoms with Gasteiger partial charge in [-0.2, -0.15) is 4.98 Å². The van der Waals surface area contributed by atoms with Crippen molar-refractivity contribution in [3.8, 4) is 11.6 Å². The maximum absolute atomic E-state index is 12.9. The predicted molar refractivity (Wildman–Crippen MR) is 65.6 cm³/mol. The summed E-state index contributed by atoms with van der Waals surface area (Å²) in [6, 6.07) is 1.27. The second kappa shape index (κ2) is 4.95. The minimum absolute atomic E-state index is 0.0860. The zero-order valence-corrected chi connectivity index (χ0v) is 10.5. The number of amides is 1. The minimum Gasteiger partial charge on any atom is -0.465 e. The SMILES string of the molecule is O=C(O)N1CCC[C@H](c2noc(-c3cc(F)c[nH]3)n2)C1. The maximum atomic E-state index is 12.9. The van der Waals surface area contributed by atoms with E-state index in [-0.39, 0.29) is 11.8 Å². The molecule has 1 fully saturated rings. The molecule has 0 spiro atoms. The Balaban J connectivity index is 1.78. The Bertz CT molecular complexity index is 624. The first kappa shape index (κ1) is 12.6. The summed E-state index contributed by atoms with van der Waals surface area (Å²) in [7, 11) is 0. The van der Waals surface area contributed by atoms with Crippen LogP contribution in [0.1, 0.15) is 24.6 Å². The fourth-order valence-corrected chi connectivity index (χ4v) is 2.36. The molecule has 1 aliphatic heterocycles. The summed E-state index contributed by atoms with van der Waals surface area (Å²) in [5.74, 6) is 0.170. The number of hydrogen-bond donors (Lipinski definition) is 2. The van der Waals surface area contributed by atoms with Gasteiger partial charge in [-0.3, -0.25) is 0 Å². The van der Waals surface area contributed by atoms with Gasteiger partial charge in [0.1, 0.15) is 11.5 Å². The number of carbonyl (C=O) groups is 1. The quantitative estimate of drug-likeness (QED) is 0.877. The molecule has 2 aromatic rings. The highest BCUT2D eigenvalue weighted by atomic mass is 19.1. The van der Waals surface area contributed by atoms with E-state index < -0.39 is 11.9 Å². The molecule has 1 amide bonds. The molecule has 106 valence electrons. The Labute approximate surface area is 113 Å². The van der Waals surface area contributed by atoms with Crippen molar-refractivity contribution in [1.29, 1.82) is 0 Å². The Hall–Kier alpha value is -2.38. The van der Waals surface area contributed by atoms with Crippen LogP contribution >= 0.6 is 0 Å². The summed E-state index contributed by atoms with van der Waals surface area (Å²) >= 11 is 0. The van der Waals surface area contributed by atoms with Crippen LogP contribution in [0.2, 0.25) is 0 Å². The zero-order chi connectivity index (χ0) is 14.1. The van der Waals surface area contributed by atoms with Crippen LogP contribution in [0.25, 0.3) is 11.6 Å². The van der Waals surface area contributed by atoms with Crippen LogP contribution in [0, 0.1) is 5.82 Å². The average molecular weight is 280 g/mol. The fraction of sp³-hybridized carbons (Fsp3) is 0.417. The van der Waals surface area contributed by atoms with Gasteiger partial charge in [-0.25, -0.2) is 9.18 Å². The standard InChI is InChI=1S/C12H13FN4O3/c13-8-4-9(14-5-8)11-15-10(16-20-11)7-2-1-3-17(6-7)12(18)19/h4-5,7,14H,1-3,6H2,(H,18,19)/t7-/m0/s1. The monoisotopic (exact) mass is 280 g/mol. The van der Waals surface area contributed by atoms with E-state index in [0.717, 1.165) is 12.8 Å². The number of H-pyrrole nitrogens is 1. The number of halogens is 1. The Morgan fingerprint density at radius 2 is 2.45 bits per heavy atom. The second-order valence-electron chi connectivity index (χ2n) is 4.76. The van der Waals surface area contributed by atoms with Crippen LogP contribution in [-0.4, -0.2) is 44.3 Å². The van der Waals surface area contributed by atoms with E-state index >= 15 is 0 Å². The molecule has 7 nitrogen and oxygen atoms in total. The van der Waals surface area contributed by atoms with Crippen molar-refractivity contribution in [2.24, 2.45) is 0 Å². The van der Waals surface area contributed by atoms with E-state index in [1.165, 1.54) is 17.2 Å². The largest absolute Gasteiger partial charge is 0.465 e. The smallest absolute Gasteiger partial charge is 0.407 e. The number of rotatable bonds is 2. The van der Waals surface area contributed by atoms with Crippen molar-refractivity contribution < 1.29 is 18.8 Å². The first-order valence-corrected chi connectivity index (χ1v) is 6.29. The molecule has 2 aromatic heterocycles. The third-order valence-electron chi connectivity index (χ3n) is 3.38. The lowest BCUT2D eigenvalue weighted by molar-refractivity contribution is 0.129. The Morgan fingerprint density at radius 3 is 3.15 bits per heavy atom. The minimum atomic E-state index is -0.940. The molecular weight excluding hydrogens is 267 g/mol. The van der Waals surface area contributed by atoms with Crippen LogP contribution in [0.4, 0.5) is 9.18 Å². The van der Waals surface area contributed by atoms with Gasteiger partial charge < -0.3 is 19.5 Å². The van der Waals surface area contributed by atoms with Crippen LogP contribution in [0.15, 0.2) is 16.8 Å². The van der Waals surface area contributed by atoms with Crippen LogP contribution < -0.4 is 0 Å². The van der Waals surface area contributed by atoms with Gasteiger partial charge >= 0.3 is 6.09 Å². The van der Waals surface area contributed by atoms with E-state index in [9.17, 15) is 9.18 Å². The first-order chi connectivity index (χ1) is 9.63. The van der Waals surface area contributed by atoms with Crippen molar-refractivity contribution in [2.45, 2.75) is 18.8 Å². The third kappa shape index (κ3) is 2.36. The molecule has 0 bridgehead atoms. The van der Waals surface area contributed by atoms with E-state index in [1.807, 2.05) is 0 Å². The highest BCUT2D eigenvalue weighted by Gasteiger charge is 2.28. The van der Waals surface area contributed by atoms with Crippen LogP contribution in [0.5, 0.6) is 0 Å². The molecule has 3 rings (SSSR count). The molecule has 0 aliphatic carbocycles. The number of hydrogen-bond acceptors (Lipinski definition) is 4. The molecule has 0 aromatic carbocycles. The molecule has 0 saturated carbocycles. The highest BCUT2D eigenvalue weighted by Crippen LogP contribution is 2.26.